The molecule has 34 heavy (non-hydrogen) atoms. The van der Waals surface area contributed by atoms with E-state index in [1.165, 1.54) is 22.0 Å². The van der Waals surface area contributed by atoms with E-state index in [2.05, 4.69) is 78.7 Å². The summed E-state index contributed by atoms with van der Waals surface area (Å²) in [7, 11) is 2.10. The maximum absolute atomic E-state index is 13.1. The summed E-state index contributed by atoms with van der Waals surface area (Å²) in [6.07, 6.45) is 3.09. The second-order valence-electron chi connectivity index (χ2n) is 8.83. The predicted molar refractivity (Wildman–Crippen MR) is 139 cm³/mol. The van der Waals surface area contributed by atoms with Gasteiger partial charge in [0.15, 0.2) is 0 Å². The minimum Gasteiger partial charge on any atom is -0.344 e. The molecular weight excluding hydrogens is 418 g/mol. The van der Waals surface area contributed by atoms with Gasteiger partial charge in [-0.15, -0.1) is 0 Å². The van der Waals surface area contributed by atoms with Crippen molar-refractivity contribution in [1.82, 2.24) is 0 Å². The molecule has 4 nitrogen and oxygen atoms in total. The van der Waals surface area contributed by atoms with Crippen molar-refractivity contribution in [2.45, 2.75) is 25.7 Å². The molecule has 0 radical (unpaired) electrons. The third-order valence-electron chi connectivity index (χ3n) is 6.71. The Balaban J connectivity index is 1.35. The molecule has 168 valence electrons. The Hall–Kier alpha value is -4.10. The van der Waals surface area contributed by atoms with Crippen molar-refractivity contribution in [2.24, 2.45) is 0 Å². The summed E-state index contributed by atoms with van der Waals surface area (Å²) >= 11 is 0. The van der Waals surface area contributed by atoms with Crippen LogP contribution in [-0.2, 0) is 17.6 Å². The van der Waals surface area contributed by atoms with Gasteiger partial charge in [-0.1, -0.05) is 48.5 Å². The van der Waals surface area contributed by atoms with Crippen LogP contribution in [0.15, 0.2) is 84.9 Å². The highest BCUT2D eigenvalue weighted by atomic mass is 16.2. The third kappa shape index (κ3) is 4.25. The molecule has 1 aliphatic heterocycles. The fourth-order valence-electron chi connectivity index (χ4n) is 4.82. The number of carbonyl (C=O) groups is 1. The molecule has 0 fully saturated rings. The van der Waals surface area contributed by atoms with E-state index in [1.807, 2.05) is 29.2 Å². The first kappa shape index (κ1) is 21.7. The Morgan fingerprint density at radius 2 is 1.79 bits per heavy atom. The molecule has 0 bridgehead atoms. The minimum atomic E-state index is 0.153. The van der Waals surface area contributed by atoms with Gasteiger partial charge >= 0.3 is 0 Å². The average molecular weight is 446 g/mol. The Labute approximate surface area is 200 Å². The van der Waals surface area contributed by atoms with E-state index >= 15 is 0 Å². The Kier molecular flexibility index (Phi) is 6.01. The van der Waals surface area contributed by atoms with E-state index in [9.17, 15) is 4.79 Å². The average Bonchev–Trinajstić information content (AvgIpc) is 2.90. The third-order valence-corrected chi connectivity index (χ3v) is 6.71. The highest BCUT2D eigenvalue weighted by Crippen LogP contribution is 2.35. The van der Waals surface area contributed by atoms with Gasteiger partial charge in [-0.05, 0) is 72.2 Å². The lowest BCUT2D eigenvalue weighted by molar-refractivity contribution is -0.118. The molecule has 0 saturated heterocycles. The van der Waals surface area contributed by atoms with Crippen LogP contribution in [0.2, 0.25) is 0 Å². The van der Waals surface area contributed by atoms with Gasteiger partial charge in [0, 0.05) is 42.5 Å². The molecule has 0 aliphatic carbocycles. The summed E-state index contributed by atoms with van der Waals surface area (Å²) in [5, 5.41) is 11.4. The predicted octanol–water partition coefficient (Wildman–Crippen LogP) is 6.39. The molecule has 1 heterocycles. The lowest BCUT2D eigenvalue weighted by Gasteiger charge is -2.31. The maximum Gasteiger partial charge on any atom is 0.227 e. The summed E-state index contributed by atoms with van der Waals surface area (Å²) < 4.78 is 0. The van der Waals surface area contributed by atoms with E-state index in [1.54, 1.807) is 0 Å². The number of aryl methyl sites for hydroxylation is 2. The number of fused-ring (bicyclic) bond motifs is 2. The van der Waals surface area contributed by atoms with E-state index in [0.29, 0.717) is 18.4 Å². The van der Waals surface area contributed by atoms with Crippen LogP contribution in [0.3, 0.4) is 0 Å². The number of hydrogen-bond donors (Lipinski definition) is 0. The van der Waals surface area contributed by atoms with Crippen LogP contribution in [0, 0.1) is 11.3 Å². The Bertz CT molecular complexity index is 1380. The largest absolute Gasteiger partial charge is 0.344 e. The second kappa shape index (κ2) is 9.41. The van der Waals surface area contributed by atoms with Crippen molar-refractivity contribution in [1.29, 1.82) is 5.26 Å². The summed E-state index contributed by atoms with van der Waals surface area (Å²) in [6.45, 7) is 0.762. The maximum atomic E-state index is 13.1. The van der Waals surface area contributed by atoms with Crippen LogP contribution in [0.4, 0.5) is 17.1 Å². The molecule has 0 saturated carbocycles. The fraction of sp³-hybridized carbons (Fsp3) is 0.200. The normalized spacial score (nSPS) is 12.8. The van der Waals surface area contributed by atoms with Crippen LogP contribution in [0.5, 0.6) is 0 Å². The zero-order valence-electron chi connectivity index (χ0n) is 19.4. The number of carbonyl (C=O) groups excluding carboxylic acids is 1. The van der Waals surface area contributed by atoms with Gasteiger partial charge in [0.1, 0.15) is 0 Å². The summed E-state index contributed by atoms with van der Waals surface area (Å²) in [5.74, 6) is 0.153. The monoisotopic (exact) mass is 445 g/mol. The highest BCUT2D eigenvalue weighted by Gasteiger charge is 2.23. The van der Waals surface area contributed by atoms with Gasteiger partial charge in [0.25, 0.3) is 0 Å². The molecule has 4 aromatic rings. The minimum absolute atomic E-state index is 0.153. The van der Waals surface area contributed by atoms with Crippen LogP contribution in [-0.4, -0.2) is 19.5 Å². The molecule has 5 rings (SSSR count). The molecular formula is C30H27N3O. The van der Waals surface area contributed by atoms with Crippen LogP contribution < -0.4 is 9.80 Å². The number of nitrogens with zero attached hydrogens (tertiary/aromatic N) is 3. The lowest BCUT2D eigenvalue weighted by Crippen LogP contribution is -2.35. The summed E-state index contributed by atoms with van der Waals surface area (Å²) in [4.78, 5) is 17.3. The fourth-order valence-corrected chi connectivity index (χ4v) is 4.82. The van der Waals surface area contributed by atoms with Crippen molar-refractivity contribution >= 4 is 33.7 Å². The summed E-state index contributed by atoms with van der Waals surface area (Å²) in [5.41, 5.74) is 6.28. The number of nitriles is 1. The second-order valence-corrected chi connectivity index (χ2v) is 8.83. The molecule has 0 unspecified atom stereocenters. The standard InChI is InChI=1S/C30H27N3O/c1-32(29-10-4-7-24-6-2-3-9-27(24)29)26-16-17-28-25(20-26)8-5-19-33(28)30(34)18-15-22-11-13-23(21-31)14-12-22/h2-4,6-7,9-14,16-17,20H,5,8,15,18-19H2,1H3. The first-order chi connectivity index (χ1) is 16.6. The zero-order valence-corrected chi connectivity index (χ0v) is 19.4. The van der Waals surface area contributed by atoms with E-state index < -0.39 is 0 Å². The SMILES string of the molecule is CN(c1ccc2c(c1)CCCN2C(=O)CCc1ccc(C#N)cc1)c1cccc2ccccc12. The number of anilines is 3. The first-order valence-corrected chi connectivity index (χ1v) is 11.8. The number of benzene rings is 4. The van der Waals surface area contributed by atoms with Gasteiger partial charge < -0.3 is 9.80 Å². The van der Waals surface area contributed by atoms with Gasteiger partial charge in [0.2, 0.25) is 5.91 Å². The van der Waals surface area contributed by atoms with E-state index in [0.717, 1.165) is 36.3 Å². The zero-order chi connectivity index (χ0) is 23.5. The van der Waals surface area contributed by atoms with Gasteiger partial charge in [-0.25, -0.2) is 0 Å². The molecule has 0 spiro atoms. The van der Waals surface area contributed by atoms with Crippen LogP contribution in [0.1, 0.15) is 29.5 Å². The van der Waals surface area contributed by atoms with Crippen molar-refractivity contribution in [3.63, 3.8) is 0 Å². The van der Waals surface area contributed by atoms with Crippen molar-refractivity contribution in [3.8, 4) is 6.07 Å². The highest BCUT2D eigenvalue weighted by molar-refractivity contribution is 5.97. The van der Waals surface area contributed by atoms with Crippen LogP contribution >= 0.6 is 0 Å². The topological polar surface area (TPSA) is 47.3 Å². The number of rotatable bonds is 5. The van der Waals surface area contributed by atoms with Crippen molar-refractivity contribution in [3.05, 3.63) is 102 Å². The van der Waals surface area contributed by atoms with Gasteiger partial charge in [-0.3, -0.25) is 4.79 Å². The van der Waals surface area contributed by atoms with Gasteiger partial charge in [0.05, 0.1) is 11.6 Å². The van der Waals surface area contributed by atoms with E-state index in [-0.39, 0.29) is 5.91 Å². The Morgan fingerprint density at radius 3 is 2.62 bits per heavy atom. The molecule has 0 atom stereocenters. The quantitative estimate of drug-likeness (QED) is 0.357. The lowest BCUT2D eigenvalue weighted by atomic mass is 9.99. The number of amides is 1. The smallest absolute Gasteiger partial charge is 0.227 e. The first-order valence-electron chi connectivity index (χ1n) is 11.8. The molecule has 1 amide bonds. The molecule has 1 aliphatic rings. The van der Waals surface area contributed by atoms with Crippen molar-refractivity contribution in [2.75, 3.05) is 23.4 Å². The summed E-state index contributed by atoms with van der Waals surface area (Å²) in [6, 6.07) is 30.9. The van der Waals surface area contributed by atoms with E-state index in [4.69, 9.17) is 5.26 Å². The number of hydrogen-bond acceptors (Lipinski definition) is 3. The van der Waals surface area contributed by atoms with Crippen molar-refractivity contribution < 1.29 is 4.79 Å². The van der Waals surface area contributed by atoms with Gasteiger partial charge in [-0.2, -0.15) is 5.26 Å². The molecule has 4 heteroatoms. The molecule has 0 aromatic heterocycles. The molecule has 4 aromatic carbocycles. The Morgan fingerprint density at radius 1 is 1.00 bits per heavy atom. The van der Waals surface area contributed by atoms with Crippen LogP contribution in [0.25, 0.3) is 10.8 Å². The molecule has 0 N–H and O–H groups in total.